The third kappa shape index (κ3) is 5.25. The number of nitrogens with zero attached hydrogens (tertiary/aromatic N) is 1. The Balaban J connectivity index is 1.73. The number of carbonyl (C=O) groups excluding carboxylic acids is 3. The lowest BCUT2D eigenvalue weighted by molar-refractivity contribution is -0.136. The van der Waals surface area contributed by atoms with E-state index in [-0.39, 0.29) is 6.61 Å². The first-order valence-corrected chi connectivity index (χ1v) is 10.9. The summed E-state index contributed by atoms with van der Waals surface area (Å²) in [5.41, 5.74) is 4.06. The van der Waals surface area contributed by atoms with Gasteiger partial charge in [-0.3, -0.25) is 9.59 Å². The molecule has 0 unspecified atom stereocenters. The van der Waals surface area contributed by atoms with Crippen molar-refractivity contribution in [1.82, 2.24) is 5.43 Å². The summed E-state index contributed by atoms with van der Waals surface area (Å²) in [6, 6.07) is 6.96. The van der Waals surface area contributed by atoms with Gasteiger partial charge in [0.1, 0.15) is 5.00 Å². The Kier molecular flexibility index (Phi) is 7.59. The highest BCUT2D eigenvalue weighted by Crippen LogP contribution is 2.38. The molecule has 0 fully saturated rings. The van der Waals surface area contributed by atoms with Crippen molar-refractivity contribution in [3.05, 3.63) is 50.9 Å². The van der Waals surface area contributed by atoms with E-state index in [1.54, 1.807) is 31.2 Å². The molecule has 2 N–H and O–H groups in total. The fourth-order valence-corrected chi connectivity index (χ4v) is 4.66. The monoisotopic (exact) mass is 447 g/mol. The molecule has 0 saturated heterocycles. The molecular weight excluding hydrogens is 426 g/mol. The van der Waals surface area contributed by atoms with Crippen molar-refractivity contribution < 1.29 is 19.1 Å². The topological polar surface area (TPSA) is 96.9 Å². The molecule has 9 heteroatoms. The summed E-state index contributed by atoms with van der Waals surface area (Å²) >= 11 is 7.35. The molecule has 0 atom stereocenters. The third-order valence-electron chi connectivity index (χ3n) is 4.61. The van der Waals surface area contributed by atoms with Crippen LogP contribution in [0.2, 0.25) is 5.02 Å². The van der Waals surface area contributed by atoms with Crippen molar-refractivity contribution in [2.75, 3.05) is 11.9 Å². The number of esters is 1. The lowest BCUT2D eigenvalue weighted by atomic mass is 10.1. The molecule has 0 radical (unpaired) electrons. The molecule has 30 heavy (non-hydrogen) atoms. The van der Waals surface area contributed by atoms with Crippen LogP contribution in [-0.2, 0) is 27.2 Å². The summed E-state index contributed by atoms with van der Waals surface area (Å²) < 4.78 is 5.18. The van der Waals surface area contributed by atoms with Crippen LogP contribution in [0.4, 0.5) is 5.00 Å². The molecule has 7 nitrogen and oxygen atoms in total. The number of anilines is 1. The number of aryl methyl sites for hydroxylation is 1. The molecule has 3 rings (SSSR count). The standard InChI is InChI=1S/C21H22ClN3O4S/c1-2-29-21(28)17-14-9-4-3-5-11-16(14)30-20(17)24-18(26)19(27)25-23-12-13-8-6-7-10-15(13)22/h6-8,10,12H,2-5,9,11H2,1H3,(H,24,26)(H,25,27)/b23-12+. The molecule has 2 amide bonds. The number of rotatable bonds is 5. The van der Waals surface area contributed by atoms with E-state index in [0.717, 1.165) is 42.5 Å². The SMILES string of the molecule is CCOC(=O)c1c(NC(=O)C(=O)N/N=C/c2ccccc2Cl)sc2c1CCCCC2. The van der Waals surface area contributed by atoms with Crippen LogP contribution in [0.3, 0.4) is 0 Å². The number of thiophene rings is 1. The van der Waals surface area contributed by atoms with Gasteiger partial charge in [-0.15, -0.1) is 11.3 Å². The zero-order valence-corrected chi connectivity index (χ0v) is 18.1. The average Bonchev–Trinajstić information content (AvgIpc) is 2.89. The molecule has 0 bridgehead atoms. The van der Waals surface area contributed by atoms with Gasteiger partial charge < -0.3 is 10.1 Å². The van der Waals surface area contributed by atoms with E-state index in [2.05, 4.69) is 15.8 Å². The van der Waals surface area contributed by atoms with Crippen LogP contribution in [0.15, 0.2) is 29.4 Å². The Labute approximate surface area is 183 Å². The Morgan fingerprint density at radius 2 is 1.93 bits per heavy atom. The second-order valence-electron chi connectivity index (χ2n) is 6.66. The number of benzene rings is 1. The van der Waals surface area contributed by atoms with Crippen LogP contribution in [0, 0.1) is 0 Å². The van der Waals surface area contributed by atoms with E-state index in [4.69, 9.17) is 16.3 Å². The number of fused-ring (bicyclic) bond motifs is 1. The first-order chi connectivity index (χ1) is 14.5. The number of hydrogen-bond donors (Lipinski definition) is 2. The van der Waals surface area contributed by atoms with Crippen LogP contribution in [0.1, 0.15) is 52.5 Å². The van der Waals surface area contributed by atoms with E-state index in [0.29, 0.717) is 21.2 Å². The van der Waals surface area contributed by atoms with Crippen molar-refractivity contribution in [2.24, 2.45) is 5.10 Å². The number of halogens is 1. The third-order valence-corrected chi connectivity index (χ3v) is 6.16. The van der Waals surface area contributed by atoms with Gasteiger partial charge >= 0.3 is 17.8 Å². The van der Waals surface area contributed by atoms with E-state index in [9.17, 15) is 14.4 Å². The van der Waals surface area contributed by atoms with Crippen molar-refractivity contribution >= 4 is 51.9 Å². The van der Waals surface area contributed by atoms with Gasteiger partial charge in [-0.25, -0.2) is 10.2 Å². The molecule has 1 aromatic carbocycles. The summed E-state index contributed by atoms with van der Waals surface area (Å²) in [4.78, 5) is 38.1. The zero-order chi connectivity index (χ0) is 21.5. The summed E-state index contributed by atoms with van der Waals surface area (Å²) in [6.45, 7) is 1.96. The number of ether oxygens (including phenoxy) is 1. The lowest BCUT2D eigenvalue weighted by Gasteiger charge is -2.08. The van der Waals surface area contributed by atoms with Gasteiger partial charge in [-0.2, -0.15) is 5.10 Å². The summed E-state index contributed by atoms with van der Waals surface area (Å²) in [5.74, 6) is -2.34. The molecular formula is C21H22ClN3O4S. The van der Waals surface area contributed by atoms with Crippen LogP contribution < -0.4 is 10.7 Å². The predicted octanol–water partition coefficient (Wildman–Crippen LogP) is 3.94. The fourth-order valence-electron chi connectivity index (χ4n) is 3.20. The van der Waals surface area contributed by atoms with Gasteiger partial charge in [0.25, 0.3) is 0 Å². The Bertz CT molecular complexity index is 987. The maximum absolute atomic E-state index is 12.5. The summed E-state index contributed by atoms with van der Waals surface area (Å²) in [5, 5.41) is 7.14. The highest BCUT2D eigenvalue weighted by molar-refractivity contribution is 7.17. The molecule has 0 aliphatic heterocycles. The van der Waals surface area contributed by atoms with Gasteiger partial charge in [0, 0.05) is 15.5 Å². The maximum Gasteiger partial charge on any atom is 0.341 e. The quantitative estimate of drug-likeness (QED) is 0.238. The second kappa shape index (κ2) is 10.4. The van der Waals surface area contributed by atoms with Gasteiger partial charge in [0.05, 0.1) is 18.4 Å². The summed E-state index contributed by atoms with van der Waals surface area (Å²) in [6.07, 6.45) is 6.05. The molecule has 1 heterocycles. The van der Waals surface area contributed by atoms with E-state index < -0.39 is 17.8 Å². The molecule has 0 saturated carbocycles. The van der Waals surface area contributed by atoms with E-state index in [1.807, 2.05) is 0 Å². The number of carbonyl (C=O) groups is 3. The first-order valence-electron chi connectivity index (χ1n) is 9.71. The van der Waals surface area contributed by atoms with Gasteiger partial charge in [0.15, 0.2) is 0 Å². The highest BCUT2D eigenvalue weighted by atomic mass is 35.5. The Morgan fingerprint density at radius 3 is 2.70 bits per heavy atom. The maximum atomic E-state index is 12.5. The summed E-state index contributed by atoms with van der Waals surface area (Å²) in [7, 11) is 0. The minimum Gasteiger partial charge on any atom is -0.462 e. The number of hydrogen-bond acceptors (Lipinski definition) is 6. The average molecular weight is 448 g/mol. The minimum atomic E-state index is -0.947. The second-order valence-corrected chi connectivity index (χ2v) is 8.18. The number of hydrazone groups is 1. The minimum absolute atomic E-state index is 0.230. The smallest absolute Gasteiger partial charge is 0.341 e. The van der Waals surface area contributed by atoms with Gasteiger partial charge in [0.2, 0.25) is 0 Å². The van der Waals surface area contributed by atoms with Crippen molar-refractivity contribution in [3.63, 3.8) is 0 Å². The lowest BCUT2D eigenvalue weighted by Crippen LogP contribution is -2.32. The van der Waals surface area contributed by atoms with Crippen molar-refractivity contribution in [2.45, 2.75) is 39.0 Å². The Hall–Kier alpha value is -2.71. The van der Waals surface area contributed by atoms with E-state index >= 15 is 0 Å². The van der Waals surface area contributed by atoms with Crippen LogP contribution in [-0.4, -0.2) is 30.6 Å². The van der Waals surface area contributed by atoms with Crippen LogP contribution in [0.5, 0.6) is 0 Å². The number of amides is 2. The Morgan fingerprint density at radius 1 is 1.17 bits per heavy atom. The molecule has 1 aliphatic rings. The molecule has 1 aromatic heterocycles. The van der Waals surface area contributed by atoms with Crippen LogP contribution >= 0.6 is 22.9 Å². The predicted molar refractivity (Wildman–Crippen MR) is 117 cm³/mol. The van der Waals surface area contributed by atoms with Crippen LogP contribution in [0.25, 0.3) is 0 Å². The first kappa shape index (κ1) is 22.0. The molecule has 1 aliphatic carbocycles. The normalized spacial score (nSPS) is 13.4. The van der Waals surface area contributed by atoms with Crippen molar-refractivity contribution in [3.8, 4) is 0 Å². The zero-order valence-electron chi connectivity index (χ0n) is 16.5. The highest BCUT2D eigenvalue weighted by Gasteiger charge is 2.27. The molecule has 0 spiro atoms. The fraction of sp³-hybridized carbons (Fsp3) is 0.333. The van der Waals surface area contributed by atoms with Gasteiger partial charge in [-0.1, -0.05) is 36.2 Å². The molecule has 2 aromatic rings. The van der Waals surface area contributed by atoms with Crippen molar-refractivity contribution in [1.29, 1.82) is 0 Å². The van der Waals surface area contributed by atoms with Gasteiger partial charge in [-0.05, 0) is 44.2 Å². The number of nitrogens with one attached hydrogen (secondary N) is 2. The molecule has 158 valence electrons. The largest absolute Gasteiger partial charge is 0.462 e. The van der Waals surface area contributed by atoms with E-state index in [1.165, 1.54) is 17.6 Å².